The average Bonchev–Trinajstić information content (AvgIpc) is 2.52. The molecule has 0 spiro atoms. The predicted molar refractivity (Wildman–Crippen MR) is 85.6 cm³/mol. The Bertz CT molecular complexity index is 576. The molecule has 0 aliphatic heterocycles. The SMILES string of the molecule is O=C(CCCOc1ccc(CO)cc1)c1ccc(Br)cc1. The van der Waals surface area contributed by atoms with E-state index in [4.69, 9.17) is 9.84 Å². The first-order chi connectivity index (χ1) is 10.2. The van der Waals surface area contributed by atoms with Crippen molar-refractivity contribution in [3.63, 3.8) is 0 Å². The predicted octanol–water partition coefficient (Wildman–Crippen LogP) is 3.98. The van der Waals surface area contributed by atoms with Gasteiger partial charge < -0.3 is 9.84 Å². The largest absolute Gasteiger partial charge is 0.494 e. The normalized spacial score (nSPS) is 10.4. The van der Waals surface area contributed by atoms with Crippen LogP contribution < -0.4 is 4.74 Å². The van der Waals surface area contributed by atoms with E-state index in [1.165, 1.54) is 0 Å². The molecule has 2 rings (SSSR count). The summed E-state index contributed by atoms with van der Waals surface area (Å²) in [6.45, 7) is 0.530. The molecule has 4 heteroatoms. The fourth-order valence-corrected chi connectivity index (χ4v) is 2.16. The van der Waals surface area contributed by atoms with Gasteiger partial charge in [-0.25, -0.2) is 0 Å². The first-order valence-corrected chi connectivity index (χ1v) is 7.59. The molecule has 1 N–H and O–H groups in total. The molecule has 0 amide bonds. The average molecular weight is 349 g/mol. The molecule has 3 nitrogen and oxygen atoms in total. The highest BCUT2D eigenvalue weighted by molar-refractivity contribution is 9.10. The third-order valence-corrected chi connectivity index (χ3v) is 3.62. The first kappa shape index (κ1) is 15.7. The highest BCUT2D eigenvalue weighted by atomic mass is 79.9. The van der Waals surface area contributed by atoms with E-state index in [0.717, 1.165) is 21.3 Å². The number of Topliss-reactive ketones (excluding diaryl/α,β-unsaturated/α-hetero) is 1. The lowest BCUT2D eigenvalue weighted by molar-refractivity contribution is 0.0973. The minimum Gasteiger partial charge on any atom is -0.494 e. The van der Waals surface area contributed by atoms with Crippen LogP contribution in [0.4, 0.5) is 0 Å². The van der Waals surface area contributed by atoms with Crippen LogP contribution in [-0.4, -0.2) is 17.5 Å². The monoisotopic (exact) mass is 348 g/mol. The Balaban J connectivity index is 1.73. The van der Waals surface area contributed by atoms with Crippen LogP contribution in [0.15, 0.2) is 53.0 Å². The van der Waals surface area contributed by atoms with Crippen LogP contribution in [0.3, 0.4) is 0 Å². The fourth-order valence-electron chi connectivity index (χ4n) is 1.89. The van der Waals surface area contributed by atoms with Gasteiger partial charge >= 0.3 is 0 Å². The molecule has 0 unspecified atom stereocenters. The van der Waals surface area contributed by atoms with E-state index >= 15 is 0 Å². The number of benzene rings is 2. The lowest BCUT2D eigenvalue weighted by Gasteiger charge is -2.06. The number of carbonyl (C=O) groups excluding carboxylic acids is 1. The van der Waals surface area contributed by atoms with Crippen molar-refractivity contribution < 1.29 is 14.6 Å². The summed E-state index contributed by atoms with van der Waals surface area (Å²) in [6, 6.07) is 14.7. The molecular weight excluding hydrogens is 332 g/mol. The van der Waals surface area contributed by atoms with Gasteiger partial charge in [0.15, 0.2) is 5.78 Å². The number of carbonyl (C=O) groups is 1. The fraction of sp³-hybridized carbons (Fsp3) is 0.235. The molecule has 2 aromatic rings. The van der Waals surface area contributed by atoms with Crippen LogP contribution in [0.5, 0.6) is 5.75 Å². The van der Waals surface area contributed by atoms with Gasteiger partial charge in [0.2, 0.25) is 0 Å². The Morgan fingerprint density at radius 2 is 1.71 bits per heavy atom. The Hall–Kier alpha value is -1.65. The molecule has 21 heavy (non-hydrogen) atoms. The van der Waals surface area contributed by atoms with Gasteiger partial charge in [-0.2, -0.15) is 0 Å². The van der Waals surface area contributed by atoms with E-state index in [2.05, 4.69) is 15.9 Å². The maximum absolute atomic E-state index is 12.0. The van der Waals surface area contributed by atoms with Gasteiger partial charge in [0.25, 0.3) is 0 Å². The second-order valence-electron chi connectivity index (χ2n) is 4.68. The van der Waals surface area contributed by atoms with Gasteiger partial charge in [-0.3, -0.25) is 4.79 Å². The van der Waals surface area contributed by atoms with Crippen molar-refractivity contribution in [2.75, 3.05) is 6.61 Å². The van der Waals surface area contributed by atoms with Crippen LogP contribution in [0.1, 0.15) is 28.8 Å². The van der Waals surface area contributed by atoms with Crippen LogP contribution in [0.25, 0.3) is 0 Å². The maximum atomic E-state index is 12.0. The summed E-state index contributed by atoms with van der Waals surface area (Å²) in [5, 5.41) is 8.95. The van der Waals surface area contributed by atoms with Crippen LogP contribution in [-0.2, 0) is 6.61 Å². The summed E-state index contributed by atoms with van der Waals surface area (Å²) in [6.07, 6.45) is 1.15. The zero-order valence-corrected chi connectivity index (χ0v) is 13.2. The number of hydrogen-bond donors (Lipinski definition) is 1. The summed E-state index contributed by atoms with van der Waals surface area (Å²) in [7, 11) is 0. The molecule has 0 saturated carbocycles. The second-order valence-corrected chi connectivity index (χ2v) is 5.60. The van der Waals surface area contributed by atoms with Crippen molar-refractivity contribution in [2.24, 2.45) is 0 Å². The van der Waals surface area contributed by atoms with Crippen molar-refractivity contribution >= 4 is 21.7 Å². The molecule has 0 saturated heterocycles. The van der Waals surface area contributed by atoms with Crippen LogP contribution in [0, 0.1) is 0 Å². The van der Waals surface area contributed by atoms with Crippen molar-refractivity contribution in [3.8, 4) is 5.75 Å². The lowest BCUT2D eigenvalue weighted by Crippen LogP contribution is -2.03. The molecule has 110 valence electrons. The number of ether oxygens (including phenoxy) is 1. The number of hydrogen-bond acceptors (Lipinski definition) is 3. The first-order valence-electron chi connectivity index (χ1n) is 6.80. The topological polar surface area (TPSA) is 46.5 Å². The van der Waals surface area contributed by atoms with Crippen LogP contribution >= 0.6 is 15.9 Å². The Morgan fingerprint density at radius 3 is 2.33 bits per heavy atom. The summed E-state index contributed by atoms with van der Waals surface area (Å²) in [5.74, 6) is 0.880. The smallest absolute Gasteiger partial charge is 0.163 e. The summed E-state index contributed by atoms with van der Waals surface area (Å²) < 4.78 is 6.54. The molecule has 0 aliphatic carbocycles. The summed E-state index contributed by atoms with van der Waals surface area (Å²) >= 11 is 3.35. The zero-order chi connectivity index (χ0) is 15.1. The molecule has 0 heterocycles. The quantitative estimate of drug-likeness (QED) is 0.607. The van der Waals surface area contributed by atoms with E-state index in [1.807, 2.05) is 48.5 Å². The minimum atomic E-state index is 0.0297. The summed E-state index contributed by atoms with van der Waals surface area (Å²) in [4.78, 5) is 12.0. The third-order valence-electron chi connectivity index (χ3n) is 3.09. The van der Waals surface area contributed by atoms with Gasteiger partial charge in [-0.15, -0.1) is 0 Å². The number of halogens is 1. The van der Waals surface area contributed by atoms with Crippen molar-refractivity contribution in [1.29, 1.82) is 0 Å². The third kappa shape index (κ3) is 4.99. The van der Waals surface area contributed by atoms with Gasteiger partial charge in [-0.05, 0) is 36.2 Å². The van der Waals surface area contributed by atoms with Gasteiger partial charge in [-0.1, -0.05) is 40.2 Å². The second kappa shape index (κ2) is 7.96. The Labute approximate surface area is 132 Å². The molecule has 2 aromatic carbocycles. The van der Waals surface area contributed by atoms with Crippen molar-refractivity contribution in [3.05, 3.63) is 64.1 Å². The Kier molecular flexibility index (Phi) is 5.96. The van der Waals surface area contributed by atoms with E-state index in [1.54, 1.807) is 0 Å². The number of ketones is 1. The number of aliphatic hydroxyl groups is 1. The molecular formula is C17H17BrO3. The number of aliphatic hydroxyl groups excluding tert-OH is 1. The van der Waals surface area contributed by atoms with E-state index in [-0.39, 0.29) is 12.4 Å². The molecule has 0 bridgehead atoms. The van der Waals surface area contributed by atoms with E-state index in [9.17, 15) is 4.79 Å². The van der Waals surface area contributed by atoms with Gasteiger partial charge in [0, 0.05) is 16.5 Å². The highest BCUT2D eigenvalue weighted by Gasteiger charge is 2.05. The summed E-state index contributed by atoms with van der Waals surface area (Å²) in [5.41, 5.74) is 1.58. The standard InChI is InChI=1S/C17H17BrO3/c18-15-7-5-14(6-8-15)17(20)2-1-11-21-16-9-3-13(12-19)4-10-16/h3-10,19H,1-2,11-12H2. The molecule has 0 radical (unpaired) electrons. The minimum absolute atomic E-state index is 0.0297. The molecule has 0 fully saturated rings. The molecule has 0 aliphatic rings. The number of rotatable bonds is 7. The zero-order valence-electron chi connectivity index (χ0n) is 11.6. The van der Waals surface area contributed by atoms with Crippen molar-refractivity contribution in [2.45, 2.75) is 19.4 Å². The van der Waals surface area contributed by atoms with Crippen LogP contribution in [0.2, 0.25) is 0 Å². The Morgan fingerprint density at radius 1 is 1.05 bits per heavy atom. The highest BCUT2D eigenvalue weighted by Crippen LogP contribution is 2.14. The maximum Gasteiger partial charge on any atom is 0.163 e. The van der Waals surface area contributed by atoms with E-state index < -0.39 is 0 Å². The lowest BCUT2D eigenvalue weighted by atomic mass is 10.1. The van der Waals surface area contributed by atoms with Gasteiger partial charge in [0.1, 0.15) is 5.75 Å². The van der Waals surface area contributed by atoms with E-state index in [0.29, 0.717) is 19.4 Å². The van der Waals surface area contributed by atoms with Crippen molar-refractivity contribution in [1.82, 2.24) is 0 Å². The van der Waals surface area contributed by atoms with Gasteiger partial charge in [0.05, 0.1) is 13.2 Å². The molecule has 0 aromatic heterocycles. The molecule has 0 atom stereocenters.